The molecule has 5 nitrogen and oxygen atoms in total. The molecule has 0 saturated carbocycles. The highest BCUT2D eigenvalue weighted by Gasteiger charge is 2.16. The van der Waals surface area contributed by atoms with Gasteiger partial charge >= 0.3 is 0 Å². The minimum absolute atomic E-state index is 0.0714. The lowest BCUT2D eigenvalue weighted by Crippen LogP contribution is -2.36. The van der Waals surface area contributed by atoms with Crippen molar-refractivity contribution in [2.75, 3.05) is 36.5 Å². The predicted molar refractivity (Wildman–Crippen MR) is 100 cm³/mol. The summed E-state index contributed by atoms with van der Waals surface area (Å²) in [6, 6.07) is 14.4. The molecule has 130 valence electrons. The topological polar surface area (TPSA) is 50.5 Å². The van der Waals surface area contributed by atoms with Crippen LogP contribution in [0.1, 0.15) is 24.4 Å². The van der Waals surface area contributed by atoms with Crippen molar-refractivity contribution in [3.63, 3.8) is 0 Å². The zero-order chi connectivity index (χ0) is 17.2. The molecule has 3 aromatic rings. The second-order valence-electron chi connectivity index (χ2n) is 6.45. The van der Waals surface area contributed by atoms with E-state index in [1.54, 1.807) is 0 Å². The van der Waals surface area contributed by atoms with Crippen LogP contribution in [0.15, 0.2) is 46.9 Å². The molecule has 1 aliphatic heterocycles. The summed E-state index contributed by atoms with van der Waals surface area (Å²) in [6.07, 6.45) is 0. The van der Waals surface area contributed by atoms with Crippen molar-refractivity contribution in [1.82, 2.24) is 4.98 Å². The number of nitrogens with zero attached hydrogens (tertiary/aromatic N) is 2. The molecular weight excluding hydrogens is 314 g/mol. The lowest BCUT2D eigenvalue weighted by Gasteiger charge is -2.28. The summed E-state index contributed by atoms with van der Waals surface area (Å²) in [6.45, 7) is 7.47. The summed E-state index contributed by atoms with van der Waals surface area (Å²) in [7, 11) is 0. The van der Waals surface area contributed by atoms with Gasteiger partial charge in [0.1, 0.15) is 17.2 Å². The summed E-state index contributed by atoms with van der Waals surface area (Å²) >= 11 is 0. The first-order valence-electron chi connectivity index (χ1n) is 8.76. The van der Waals surface area contributed by atoms with E-state index in [1.807, 2.05) is 25.1 Å². The third-order valence-electron chi connectivity index (χ3n) is 4.65. The zero-order valence-corrected chi connectivity index (χ0v) is 14.7. The fraction of sp³-hybridized carbons (Fsp3) is 0.350. The Morgan fingerprint density at radius 2 is 1.92 bits per heavy atom. The molecule has 0 radical (unpaired) electrons. The summed E-state index contributed by atoms with van der Waals surface area (Å²) in [5.74, 6) is 1.94. The molecule has 4 rings (SSSR count). The standard InChI is InChI=1S/C20H23N3O2/c1-14-17(7-8-20(22-14)23-9-11-24-12-10-23)21-15(2)19-13-16-5-3-4-6-18(16)25-19/h3-8,13,15,21H,9-12H2,1-2H3. The Kier molecular flexibility index (Phi) is 4.32. The van der Waals surface area contributed by atoms with Crippen LogP contribution in [0.4, 0.5) is 11.5 Å². The summed E-state index contributed by atoms with van der Waals surface area (Å²) < 4.78 is 11.4. The van der Waals surface area contributed by atoms with Crippen LogP contribution in [-0.2, 0) is 4.74 Å². The predicted octanol–water partition coefficient (Wildman–Crippen LogP) is 4.15. The van der Waals surface area contributed by atoms with Gasteiger partial charge in [0.2, 0.25) is 0 Å². The molecule has 2 aromatic heterocycles. The van der Waals surface area contributed by atoms with Crippen molar-refractivity contribution >= 4 is 22.5 Å². The van der Waals surface area contributed by atoms with Crippen molar-refractivity contribution in [2.24, 2.45) is 0 Å². The zero-order valence-electron chi connectivity index (χ0n) is 14.7. The molecule has 1 saturated heterocycles. The Hall–Kier alpha value is -2.53. The van der Waals surface area contributed by atoms with Crippen LogP contribution in [0.3, 0.4) is 0 Å². The number of hydrogen-bond acceptors (Lipinski definition) is 5. The number of aromatic nitrogens is 1. The normalized spacial score (nSPS) is 16.2. The SMILES string of the molecule is Cc1nc(N2CCOCC2)ccc1NC(C)c1cc2ccccc2o1. The average Bonchev–Trinajstić information content (AvgIpc) is 3.08. The van der Waals surface area contributed by atoms with Crippen molar-refractivity contribution < 1.29 is 9.15 Å². The fourth-order valence-corrected chi connectivity index (χ4v) is 3.19. The maximum atomic E-state index is 5.96. The third kappa shape index (κ3) is 3.33. The molecule has 1 fully saturated rings. The molecule has 25 heavy (non-hydrogen) atoms. The van der Waals surface area contributed by atoms with E-state index >= 15 is 0 Å². The highest BCUT2D eigenvalue weighted by Crippen LogP contribution is 2.28. The molecule has 0 aliphatic carbocycles. The number of rotatable bonds is 4. The number of nitrogens with one attached hydrogen (secondary N) is 1. The highest BCUT2D eigenvalue weighted by molar-refractivity contribution is 5.78. The van der Waals surface area contributed by atoms with Crippen LogP contribution in [0.5, 0.6) is 0 Å². The summed E-state index contributed by atoms with van der Waals surface area (Å²) in [5, 5.41) is 4.65. The molecule has 3 heterocycles. The van der Waals surface area contributed by atoms with E-state index in [9.17, 15) is 0 Å². The van der Waals surface area contributed by atoms with Crippen LogP contribution in [-0.4, -0.2) is 31.3 Å². The van der Waals surface area contributed by atoms with E-state index in [2.05, 4.69) is 41.4 Å². The monoisotopic (exact) mass is 337 g/mol. The van der Waals surface area contributed by atoms with Gasteiger partial charge in [0, 0.05) is 18.5 Å². The summed E-state index contributed by atoms with van der Waals surface area (Å²) in [5.41, 5.74) is 2.94. The molecule has 1 aliphatic rings. The Balaban J connectivity index is 1.51. The van der Waals surface area contributed by atoms with E-state index in [0.717, 1.165) is 60.2 Å². The average molecular weight is 337 g/mol. The minimum Gasteiger partial charge on any atom is -0.459 e. The minimum atomic E-state index is 0.0714. The van der Waals surface area contributed by atoms with Crippen LogP contribution in [0.25, 0.3) is 11.0 Å². The van der Waals surface area contributed by atoms with Gasteiger partial charge in [0.15, 0.2) is 0 Å². The van der Waals surface area contributed by atoms with Gasteiger partial charge < -0.3 is 19.4 Å². The lowest BCUT2D eigenvalue weighted by atomic mass is 10.2. The molecule has 1 N–H and O–H groups in total. The summed E-state index contributed by atoms with van der Waals surface area (Å²) in [4.78, 5) is 7.03. The smallest absolute Gasteiger partial charge is 0.134 e. The van der Waals surface area contributed by atoms with Crippen LogP contribution >= 0.6 is 0 Å². The Bertz CT molecular complexity index is 835. The Labute approximate surface area is 147 Å². The molecular formula is C20H23N3O2. The van der Waals surface area contributed by atoms with Crippen LogP contribution in [0.2, 0.25) is 0 Å². The largest absolute Gasteiger partial charge is 0.459 e. The van der Waals surface area contributed by atoms with Gasteiger partial charge in [-0.05, 0) is 38.1 Å². The number of aryl methyl sites for hydroxylation is 1. The second-order valence-corrected chi connectivity index (χ2v) is 6.45. The maximum Gasteiger partial charge on any atom is 0.134 e. The number of anilines is 2. The van der Waals surface area contributed by atoms with Crippen molar-refractivity contribution in [2.45, 2.75) is 19.9 Å². The molecule has 0 spiro atoms. The fourth-order valence-electron chi connectivity index (χ4n) is 3.19. The van der Waals surface area contributed by atoms with Crippen LogP contribution in [0, 0.1) is 6.92 Å². The Morgan fingerprint density at radius 1 is 1.12 bits per heavy atom. The Morgan fingerprint density at radius 3 is 2.68 bits per heavy atom. The lowest BCUT2D eigenvalue weighted by molar-refractivity contribution is 0.122. The van der Waals surface area contributed by atoms with Gasteiger partial charge in [-0.1, -0.05) is 18.2 Å². The molecule has 0 bridgehead atoms. The van der Waals surface area contributed by atoms with Gasteiger partial charge in [-0.25, -0.2) is 4.98 Å². The number of ether oxygens (including phenoxy) is 1. The van der Waals surface area contributed by atoms with E-state index in [-0.39, 0.29) is 6.04 Å². The molecule has 0 amide bonds. The van der Waals surface area contributed by atoms with E-state index in [0.29, 0.717) is 0 Å². The first-order valence-corrected chi connectivity index (χ1v) is 8.76. The van der Waals surface area contributed by atoms with E-state index < -0.39 is 0 Å². The number of morpholine rings is 1. The number of pyridine rings is 1. The highest BCUT2D eigenvalue weighted by atomic mass is 16.5. The molecule has 1 unspecified atom stereocenters. The third-order valence-corrected chi connectivity index (χ3v) is 4.65. The first-order chi connectivity index (χ1) is 12.2. The van der Waals surface area contributed by atoms with E-state index in [4.69, 9.17) is 14.1 Å². The van der Waals surface area contributed by atoms with Gasteiger partial charge in [0.25, 0.3) is 0 Å². The van der Waals surface area contributed by atoms with Gasteiger partial charge in [-0.2, -0.15) is 0 Å². The van der Waals surface area contributed by atoms with E-state index in [1.165, 1.54) is 0 Å². The second kappa shape index (κ2) is 6.76. The van der Waals surface area contributed by atoms with Gasteiger partial charge in [-0.15, -0.1) is 0 Å². The number of benzene rings is 1. The molecule has 5 heteroatoms. The number of fused-ring (bicyclic) bond motifs is 1. The van der Waals surface area contributed by atoms with Crippen molar-refractivity contribution in [3.8, 4) is 0 Å². The van der Waals surface area contributed by atoms with Gasteiger partial charge in [0.05, 0.1) is 30.6 Å². The van der Waals surface area contributed by atoms with Gasteiger partial charge in [-0.3, -0.25) is 0 Å². The number of para-hydroxylation sites is 1. The number of furan rings is 1. The number of hydrogen-bond donors (Lipinski definition) is 1. The van der Waals surface area contributed by atoms with Crippen LogP contribution < -0.4 is 10.2 Å². The molecule has 1 atom stereocenters. The first kappa shape index (κ1) is 16.0. The quantitative estimate of drug-likeness (QED) is 0.775. The molecule has 1 aromatic carbocycles. The maximum absolute atomic E-state index is 5.96. The van der Waals surface area contributed by atoms with Crippen molar-refractivity contribution in [1.29, 1.82) is 0 Å². The van der Waals surface area contributed by atoms with Crippen molar-refractivity contribution in [3.05, 3.63) is 53.9 Å².